The lowest BCUT2D eigenvalue weighted by atomic mass is 9.92. The number of pyridine rings is 1. The molecule has 3 rings (SSSR count). The predicted octanol–water partition coefficient (Wildman–Crippen LogP) is 2.57. The zero-order valence-electron chi connectivity index (χ0n) is 12.1. The van der Waals surface area contributed by atoms with Gasteiger partial charge in [0, 0.05) is 18.4 Å². The second kappa shape index (κ2) is 4.93. The van der Waals surface area contributed by atoms with E-state index in [4.69, 9.17) is 0 Å². The van der Waals surface area contributed by atoms with Crippen LogP contribution in [0.4, 0.5) is 0 Å². The number of hydrogen-bond acceptors (Lipinski definition) is 2. The molecule has 1 N–H and O–H groups in total. The fraction of sp³-hybridized carbons (Fsp3) is 0.500. The molecule has 4 heteroatoms. The molecule has 1 unspecified atom stereocenters. The molecule has 1 aliphatic carbocycles. The zero-order valence-corrected chi connectivity index (χ0v) is 12.1. The molecular weight excluding hydrogens is 250 g/mol. The predicted molar refractivity (Wildman–Crippen MR) is 78.5 cm³/mol. The van der Waals surface area contributed by atoms with Gasteiger partial charge in [-0.05, 0) is 36.8 Å². The summed E-state index contributed by atoms with van der Waals surface area (Å²) < 4.78 is 1.95. The van der Waals surface area contributed by atoms with Crippen molar-refractivity contribution in [2.45, 2.75) is 45.6 Å². The molecule has 0 aliphatic heterocycles. The van der Waals surface area contributed by atoms with Crippen LogP contribution in [0.25, 0.3) is 5.65 Å². The lowest BCUT2D eigenvalue weighted by Crippen LogP contribution is -2.34. The van der Waals surface area contributed by atoms with Gasteiger partial charge in [-0.3, -0.25) is 4.79 Å². The molecule has 0 bridgehead atoms. The van der Waals surface area contributed by atoms with Gasteiger partial charge in [-0.1, -0.05) is 19.9 Å². The van der Waals surface area contributed by atoms with E-state index in [0.717, 1.165) is 24.2 Å². The van der Waals surface area contributed by atoms with Crippen LogP contribution in [-0.4, -0.2) is 21.3 Å². The maximum Gasteiger partial charge on any atom is 0.226 e. The third kappa shape index (κ3) is 2.84. The van der Waals surface area contributed by atoms with Crippen LogP contribution in [0.5, 0.6) is 0 Å². The van der Waals surface area contributed by atoms with Crippen LogP contribution >= 0.6 is 0 Å². The van der Waals surface area contributed by atoms with Crippen molar-refractivity contribution in [1.82, 2.24) is 14.7 Å². The van der Waals surface area contributed by atoms with Crippen molar-refractivity contribution >= 4 is 11.6 Å². The Morgan fingerprint density at radius 2 is 2.35 bits per heavy atom. The first-order chi connectivity index (χ1) is 9.52. The van der Waals surface area contributed by atoms with Crippen molar-refractivity contribution in [3.8, 4) is 0 Å². The summed E-state index contributed by atoms with van der Waals surface area (Å²) in [4.78, 5) is 16.6. The average Bonchev–Trinajstić information content (AvgIpc) is 2.91. The number of carbonyl (C=O) groups excluding carboxylic acids is 1. The lowest BCUT2D eigenvalue weighted by Gasteiger charge is -2.17. The van der Waals surface area contributed by atoms with Crippen LogP contribution in [-0.2, 0) is 11.2 Å². The van der Waals surface area contributed by atoms with Gasteiger partial charge in [-0.2, -0.15) is 0 Å². The van der Waals surface area contributed by atoms with Crippen molar-refractivity contribution in [3.05, 3.63) is 36.3 Å². The molecular formula is C16H21N3O. The molecule has 0 aromatic carbocycles. The summed E-state index contributed by atoms with van der Waals surface area (Å²) >= 11 is 0. The van der Waals surface area contributed by atoms with E-state index < -0.39 is 0 Å². The van der Waals surface area contributed by atoms with E-state index in [2.05, 4.69) is 24.1 Å². The minimum Gasteiger partial charge on any atom is -0.353 e. The van der Waals surface area contributed by atoms with Gasteiger partial charge in [-0.15, -0.1) is 0 Å². The number of amides is 1. The van der Waals surface area contributed by atoms with E-state index in [9.17, 15) is 4.79 Å². The Kier molecular flexibility index (Phi) is 3.24. The van der Waals surface area contributed by atoms with Gasteiger partial charge in [0.15, 0.2) is 0 Å². The summed E-state index contributed by atoms with van der Waals surface area (Å²) in [6.45, 7) is 4.53. The maximum atomic E-state index is 12.1. The Morgan fingerprint density at radius 3 is 3.05 bits per heavy atom. The molecule has 1 fully saturated rings. The largest absolute Gasteiger partial charge is 0.353 e. The fourth-order valence-corrected chi connectivity index (χ4v) is 3.07. The Bertz CT molecular complexity index is 596. The van der Waals surface area contributed by atoms with Crippen LogP contribution in [0.2, 0.25) is 0 Å². The van der Waals surface area contributed by atoms with Crippen molar-refractivity contribution in [1.29, 1.82) is 0 Å². The molecule has 20 heavy (non-hydrogen) atoms. The van der Waals surface area contributed by atoms with E-state index in [-0.39, 0.29) is 5.91 Å². The first-order valence-electron chi connectivity index (χ1n) is 7.24. The van der Waals surface area contributed by atoms with Gasteiger partial charge in [0.1, 0.15) is 5.65 Å². The Balaban J connectivity index is 1.61. The van der Waals surface area contributed by atoms with Crippen molar-refractivity contribution in [2.75, 3.05) is 0 Å². The van der Waals surface area contributed by atoms with Gasteiger partial charge < -0.3 is 9.72 Å². The third-order valence-electron chi connectivity index (χ3n) is 4.09. The van der Waals surface area contributed by atoms with Gasteiger partial charge in [0.25, 0.3) is 0 Å². The Labute approximate surface area is 119 Å². The summed E-state index contributed by atoms with van der Waals surface area (Å²) in [6, 6.07) is 6.18. The molecule has 0 saturated heterocycles. The number of hydrogen-bond donors (Lipinski definition) is 1. The number of carbonyl (C=O) groups is 1. The minimum atomic E-state index is 0.0797. The van der Waals surface area contributed by atoms with Gasteiger partial charge in [0.05, 0.1) is 12.1 Å². The van der Waals surface area contributed by atoms with Crippen LogP contribution < -0.4 is 5.32 Å². The van der Waals surface area contributed by atoms with Crippen molar-refractivity contribution in [3.63, 3.8) is 0 Å². The highest BCUT2D eigenvalue weighted by atomic mass is 16.1. The highest BCUT2D eigenvalue weighted by Gasteiger charge is 2.31. The van der Waals surface area contributed by atoms with Crippen LogP contribution in [0.15, 0.2) is 30.6 Å². The number of fused-ring (bicyclic) bond motifs is 1. The van der Waals surface area contributed by atoms with Gasteiger partial charge >= 0.3 is 0 Å². The quantitative estimate of drug-likeness (QED) is 0.932. The molecule has 1 amide bonds. The molecule has 1 saturated carbocycles. The summed E-state index contributed by atoms with van der Waals surface area (Å²) in [5, 5.41) is 3.14. The van der Waals surface area contributed by atoms with Crippen LogP contribution in [0, 0.1) is 5.41 Å². The van der Waals surface area contributed by atoms with Crippen LogP contribution in [0.1, 0.15) is 38.8 Å². The summed E-state index contributed by atoms with van der Waals surface area (Å²) in [6.07, 6.45) is 7.58. The van der Waals surface area contributed by atoms with Crippen molar-refractivity contribution < 1.29 is 4.79 Å². The second-order valence-electron chi connectivity index (χ2n) is 6.55. The third-order valence-corrected chi connectivity index (χ3v) is 4.09. The SMILES string of the molecule is CC1(C)CCC(NC(=O)Cc2cn3ccccc3n2)C1. The zero-order chi connectivity index (χ0) is 14.2. The molecule has 0 spiro atoms. The summed E-state index contributed by atoms with van der Waals surface area (Å²) in [5.41, 5.74) is 2.07. The van der Waals surface area contributed by atoms with Gasteiger partial charge in [-0.25, -0.2) is 4.98 Å². The highest BCUT2D eigenvalue weighted by molar-refractivity contribution is 5.78. The first kappa shape index (κ1) is 13.2. The molecule has 106 valence electrons. The molecule has 2 heterocycles. The monoisotopic (exact) mass is 271 g/mol. The minimum absolute atomic E-state index is 0.0797. The van der Waals surface area contributed by atoms with Crippen molar-refractivity contribution in [2.24, 2.45) is 5.41 Å². The lowest BCUT2D eigenvalue weighted by molar-refractivity contribution is -0.121. The highest BCUT2D eigenvalue weighted by Crippen LogP contribution is 2.36. The number of nitrogens with zero attached hydrogens (tertiary/aromatic N) is 2. The van der Waals surface area contributed by atoms with E-state index in [1.54, 1.807) is 0 Å². The van der Waals surface area contributed by atoms with E-state index in [1.807, 2.05) is 35.0 Å². The normalized spacial score (nSPS) is 21.2. The van der Waals surface area contributed by atoms with Gasteiger partial charge in [0.2, 0.25) is 5.91 Å². The fourth-order valence-electron chi connectivity index (χ4n) is 3.07. The summed E-state index contributed by atoms with van der Waals surface area (Å²) in [7, 11) is 0. The number of rotatable bonds is 3. The van der Waals surface area contributed by atoms with E-state index >= 15 is 0 Å². The number of nitrogens with one attached hydrogen (secondary N) is 1. The number of imidazole rings is 1. The molecule has 2 aromatic heterocycles. The second-order valence-corrected chi connectivity index (χ2v) is 6.55. The molecule has 1 aliphatic rings. The standard InChI is InChI=1S/C16H21N3O/c1-16(2)7-6-12(10-16)18-15(20)9-13-11-19-8-4-3-5-14(19)17-13/h3-5,8,11-12H,6-7,9-10H2,1-2H3,(H,18,20). The molecule has 2 aromatic rings. The average molecular weight is 271 g/mol. The Hall–Kier alpha value is -1.84. The summed E-state index contributed by atoms with van der Waals surface area (Å²) in [5.74, 6) is 0.0797. The number of aromatic nitrogens is 2. The smallest absolute Gasteiger partial charge is 0.226 e. The Morgan fingerprint density at radius 1 is 1.50 bits per heavy atom. The molecule has 4 nitrogen and oxygen atoms in total. The molecule has 0 radical (unpaired) electrons. The molecule has 1 atom stereocenters. The van der Waals surface area contributed by atoms with Crippen LogP contribution in [0.3, 0.4) is 0 Å². The van der Waals surface area contributed by atoms with E-state index in [0.29, 0.717) is 17.9 Å². The van der Waals surface area contributed by atoms with E-state index in [1.165, 1.54) is 6.42 Å². The first-order valence-corrected chi connectivity index (χ1v) is 7.24. The topological polar surface area (TPSA) is 46.4 Å². The maximum absolute atomic E-state index is 12.1.